The Balaban J connectivity index is 2.02. The molecular formula is C18H22N4OS. The number of anilines is 1. The number of hydrogen-bond acceptors (Lipinski definition) is 6. The van der Waals surface area contributed by atoms with E-state index in [1.807, 2.05) is 0 Å². The summed E-state index contributed by atoms with van der Waals surface area (Å²) in [7, 11) is 0. The molecule has 0 amide bonds. The van der Waals surface area contributed by atoms with E-state index >= 15 is 0 Å². The molecule has 0 aromatic carbocycles. The van der Waals surface area contributed by atoms with Crippen molar-refractivity contribution in [2.24, 2.45) is 0 Å². The fourth-order valence-corrected chi connectivity index (χ4v) is 4.80. The summed E-state index contributed by atoms with van der Waals surface area (Å²) in [5.74, 6) is 1.23. The predicted molar refractivity (Wildman–Crippen MR) is 99.0 cm³/mol. The van der Waals surface area contributed by atoms with Crippen molar-refractivity contribution in [1.82, 2.24) is 15.0 Å². The predicted octanol–water partition coefficient (Wildman–Crippen LogP) is 3.65. The zero-order chi connectivity index (χ0) is 16.7. The second-order valence-electron chi connectivity index (χ2n) is 6.65. The third-order valence-electron chi connectivity index (χ3n) is 4.71. The fourth-order valence-electron chi connectivity index (χ4n) is 3.67. The highest BCUT2D eigenvalue weighted by Crippen LogP contribution is 2.41. The summed E-state index contributed by atoms with van der Waals surface area (Å²) in [4.78, 5) is 15.0. The second kappa shape index (κ2) is 6.26. The molecular weight excluding hydrogens is 320 g/mol. The number of thiophene rings is 1. The van der Waals surface area contributed by atoms with Gasteiger partial charge < -0.3 is 10.4 Å². The largest absolute Gasteiger partial charge is 0.395 e. The van der Waals surface area contributed by atoms with Gasteiger partial charge in [-0.25, -0.2) is 15.0 Å². The first-order chi connectivity index (χ1) is 11.7. The van der Waals surface area contributed by atoms with E-state index in [1.54, 1.807) is 17.7 Å². The van der Waals surface area contributed by atoms with Crippen LogP contribution in [0.1, 0.15) is 49.4 Å². The van der Waals surface area contributed by atoms with Gasteiger partial charge in [0, 0.05) is 17.6 Å². The van der Waals surface area contributed by atoms with Gasteiger partial charge in [-0.05, 0) is 42.7 Å². The molecule has 0 saturated heterocycles. The van der Waals surface area contributed by atoms with Crippen LogP contribution in [-0.4, -0.2) is 33.2 Å². The van der Waals surface area contributed by atoms with Gasteiger partial charge in [0.2, 0.25) is 0 Å². The van der Waals surface area contributed by atoms with Crippen molar-refractivity contribution in [3.8, 4) is 0 Å². The molecule has 0 unspecified atom stereocenters. The number of aromatic nitrogens is 3. The molecule has 0 fully saturated rings. The van der Waals surface area contributed by atoms with Crippen LogP contribution in [0.15, 0.2) is 6.33 Å². The number of aliphatic hydroxyl groups is 1. The van der Waals surface area contributed by atoms with Gasteiger partial charge in [-0.2, -0.15) is 0 Å². The SMILES string of the molecule is CC(C)c1nc2sc3c(NCCO)ncnc3c2c2c1CCCC2. The van der Waals surface area contributed by atoms with E-state index in [0.29, 0.717) is 12.5 Å². The summed E-state index contributed by atoms with van der Waals surface area (Å²) in [5.41, 5.74) is 5.16. The average Bonchev–Trinajstić information content (AvgIpc) is 2.98. The first kappa shape index (κ1) is 15.7. The maximum absolute atomic E-state index is 9.08. The summed E-state index contributed by atoms with van der Waals surface area (Å²) in [6.07, 6.45) is 6.34. The lowest BCUT2D eigenvalue weighted by atomic mass is 9.86. The van der Waals surface area contributed by atoms with Crippen molar-refractivity contribution in [1.29, 1.82) is 0 Å². The molecule has 4 rings (SSSR count). The van der Waals surface area contributed by atoms with Crippen LogP contribution in [0.4, 0.5) is 5.82 Å². The number of pyridine rings is 1. The number of fused-ring (bicyclic) bond motifs is 5. The highest BCUT2D eigenvalue weighted by molar-refractivity contribution is 7.26. The zero-order valence-electron chi connectivity index (χ0n) is 14.1. The van der Waals surface area contributed by atoms with Crippen molar-refractivity contribution >= 4 is 37.6 Å². The Morgan fingerprint density at radius 2 is 2.00 bits per heavy atom. The minimum atomic E-state index is 0.0849. The Kier molecular flexibility index (Phi) is 4.10. The second-order valence-corrected chi connectivity index (χ2v) is 7.65. The Hall–Kier alpha value is -1.79. The summed E-state index contributed by atoms with van der Waals surface area (Å²) in [5, 5.41) is 13.5. The van der Waals surface area contributed by atoms with Crippen LogP contribution in [0.25, 0.3) is 20.4 Å². The fraction of sp³-hybridized carbons (Fsp3) is 0.500. The lowest BCUT2D eigenvalue weighted by molar-refractivity contribution is 0.311. The number of aryl methyl sites for hydroxylation is 1. The number of nitrogens with zero attached hydrogens (tertiary/aromatic N) is 3. The summed E-state index contributed by atoms with van der Waals surface area (Å²) in [6, 6.07) is 0. The highest BCUT2D eigenvalue weighted by atomic mass is 32.1. The summed E-state index contributed by atoms with van der Waals surface area (Å²) >= 11 is 1.66. The number of hydrogen-bond donors (Lipinski definition) is 2. The van der Waals surface area contributed by atoms with Gasteiger partial charge in [-0.1, -0.05) is 13.8 Å². The van der Waals surface area contributed by atoms with Crippen molar-refractivity contribution in [2.45, 2.75) is 45.4 Å². The van der Waals surface area contributed by atoms with Gasteiger partial charge in [-0.15, -0.1) is 11.3 Å². The molecule has 3 heterocycles. The molecule has 0 spiro atoms. The molecule has 6 heteroatoms. The molecule has 24 heavy (non-hydrogen) atoms. The molecule has 0 aliphatic heterocycles. The lowest BCUT2D eigenvalue weighted by Crippen LogP contribution is -2.10. The van der Waals surface area contributed by atoms with Crippen LogP contribution in [-0.2, 0) is 12.8 Å². The summed E-state index contributed by atoms with van der Waals surface area (Å²) < 4.78 is 1.04. The van der Waals surface area contributed by atoms with E-state index in [4.69, 9.17) is 10.1 Å². The molecule has 5 nitrogen and oxygen atoms in total. The lowest BCUT2D eigenvalue weighted by Gasteiger charge is -2.21. The molecule has 1 aliphatic rings. The Bertz CT molecular complexity index is 903. The topological polar surface area (TPSA) is 70.9 Å². The first-order valence-corrected chi connectivity index (χ1v) is 9.46. The molecule has 0 radical (unpaired) electrons. The maximum Gasteiger partial charge on any atom is 0.147 e. The van der Waals surface area contributed by atoms with Crippen LogP contribution in [0.2, 0.25) is 0 Å². The normalized spacial score (nSPS) is 14.5. The number of aliphatic hydroxyl groups excluding tert-OH is 1. The van der Waals surface area contributed by atoms with Crippen molar-refractivity contribution < 1.29 is 5.11 Å². The third-order valence-corrected chi connectivity index (χ3v) is 5.78. The number of rotatable bonds is 4. The van der Waals surface area contributed by atoms with E-state index in [9.17, 15) is 0 Å². The standard InChI is InChI=1S/C18H22N4OS/c1-10(2)14-12-6-4-3-5-11(12)13-15-16(24-18(13)22-14)17(19-7-8-23)21-9-20-15/h9-10,23H,3-8H2,1-2H3,(H,19,20,21). The average molecular weight is 342 g/mol. The van der Waals surface area contributed by atoms with Gasteiger partial charge in [-0.3, -0.25) is 0 Å². The molecule has 2 N–H and O–H groups in total. The molecule has 0 atom stereocenters. The molecule has 0 saturated carbocycles. The number of nitrogens with one attached hydrogen (secondary N) is 1. The highest BCUT2D eigenvalue weighted by Gasteiger charge is 2.24. The monoisotopic (exact) mass is 342 g/mol. The Labute approximate surface area is 145 Å². The summed E-state index contributed by atoms with van der Waals surface area (Å²) in [6.45, 7) is 5.03. The van der Waals surface area contributed by atoms with E-state index < -0.39 is 0 Å². The van der Waals surface area contributed by atoms with E-state index in [0.717, 1.165) is 33.7 Å². The van der Waals surface area contributed by atoms with Gasteiger partial charge in [0.15, 0.2) is 0 Å². The Morgan fingerprint density at radius 3 is 2.75 bits per heavy atom. The quantitative estimate of drug-likeness (QED) is 0.757. The van der Waals surface area contributed by atoms with Gasteiger partial charge in [0.05, 0.1) is 16.8 Å². The smallest absolute Gasteiger partial charge is 0.147 e. The van der Waals surface area contributed by atoms with Crippen LogP contribution in [0.5, 0.6) is 0 Å². The van der Waals surface area contributed by atoms with E-state index in [1.165, 1.54) is 35.0 Å². The van der Waals surface area contributed by atoms with Gasteiger partial charge in [0.25, 0.3) is 0 Å². The van der Waals surface area contributed by atoms with Crippen LogP contribution < -0.4 is 5.32 Å². The van der Waals surface area contributed by atoms with Crippen molar-refractivity contribution in [3.05, 3.63) is 23.1 Å². The minimum Gasteiger partial charge on any atom is -0.395 e. The molecule has 1 aliphatic carbocycles. The van der Waals surface area contributed by atoms with Crippen molar-refractivity contribution in [2.75, 3.05) is 18.5 Å². The van der Waals surface area contributed by atoms with Gasteiger partial charge in [0.1, 0.15) is 17.0 Å². The van der Waals surface area contributed by atoms with Crippen LogP contribution in [0.3, 0.4) is 0 Å². The van der Waals surface area contributed by atoms with Gasteiger partial charge >= 0.3 is 0 Å². The van der Waals surface area contributed by atoms with E-state index in [-0.39, 0.29) is 6.61 Å². The Morgan fingerprint density at radius 1 is 1.21 bits per heavy atom. The van der Waals surface area contributed by atoms with Crippen molar-refractivity contribution in [3.63, 3.8) is 0 Å². The molecule has 0 bridgehead atoms. The third kappa shape index (κ3) is 2.45. The van der Waals surface area contributed by atoms with Crippen LogP contribution in [0, 0.1) is 0 Å². The molecule has 126 valence electrons. The molecule has 3 aromatic rings. The zero-order valence-corrected chi connectivity index (χ0v) is 14.9. The first-order valence-electron chi connectivity index (χ1n) is 8.64. The maximum atomic E-state index is 9.08. The minimum absolute atomic E-state index is 0.0849. The van der Waals surface area contributed by atoms with E-state index in [2.05, 4.69) is 29.1 Å². The molecule has 3 aromatic heterocycles. The van der Waals surface area contributed by atoms with Crippen LogP contribution >= 0.6 is 11.3 Å².